The first-order chi connectivity index (χ1) is 10.9. The van der Waals surface area contributed by atoms with Crippen molar-refractivity contribution in [3.05, 3.63) is 73.8 Å². The second-order valence-corrected chi connectivity index (χ2v) is 5.91. The highest BCUT2D eigenvalue weighted by Gasteiger charge is 2.18. The SMILES string of the molecule is CCCCc1ccc(C(=O)c2ccc([N+](=O)[O-])cc2Cl)c(C)c1. The molecule has 0 radical (unpaired) electrons. The van der Waals surface area contributed by atoms with Gasteiger partial charge in [-0.2, -0.15) is 0 Å². The minimum atomic E-state index is -0.534. The van der Waals surface area contributed by atoms with E-state index in [2.05, 4.69) is 6.92 Å². The monoisotopic (exact) mass is 331 g/mol. The van der Waals surface area contributed by atoms with Crippen molar-refractivity contribution in [2.45, 2.75) is 33.1 Å². The van der Waals surface area contributed by atoms with Crippen molar-refractivity contribution >= 4 is 23.1 Å². The molecule has 23 heavy (non-hydrogen) atoms. The van der Waals surface area contributed by atoms with Crippen LogP contribution in [-0.4, -0.2) is 10.7 Å². The molecule has 2 aromatic rings. The van der Waals surface area contributed by atoms with Crippen molar-refractivity contribution in [1.29, 1.82) is 0 Å². The van der Waals surface area contributed by atoms with Crippen LogP contribution >= 0.6 is 11.6 Å². The molecule has 0 bridgehead atoms. The number of unbranched alkanes of at least 4 members (excludes halogenated alkanes) is 1. The predicted octanol–water partition coefficient (Wildman–Crippen LogP) is 5.13. The molecule has 2 aromatic carbocycles. The summed E-state index contributed by atoms with van der Waals surface area (Å²) >= 11 is 6.05. The first-order valence-electron chi connectivity index (χ1n) is 7.52. The maximum Gasteiger partial charge on any atom is 0.270 e. The van der Waals surface area contributed by atoms with E-state index >= 15 is 0 Å². The van der Waals surface area contributed by atoms with Crippen molar-refractivity contribution in [3.63, 3.8) is 0 Å². The van der Waals surface area contributed by atoms with Crippen molar-refractivity contribution in [2.75, 3.05) is 0 Å². The number of benzene rings is 2. The molecule has 0 saturated carbocycles. The smallest absolute Gasteiger partial charge is 0.270 e. The third kappa shape index (κ3) is 3.96. The summed E-state index contributed by atoms with van der Waals surface area (Å²) < 4.78 is 0. The first kappa shape index (κ1) is 17.2. The third-order valence-electron chi connectivity index (χ3n) is 3.76. The molecule has 0 heterocycles. The highest BCUT2D eigenvalue weighted by Crippen LogP contribution is 2.26. The lowest BCUT2D eigenvalue weighted by Gasteiger charge is -2.09. The molecule has 0 aliphatic heterocycles. The van der Waals surface area contributed by atoms with E-state index in [-0.39, 0.29) is 22.1 Å². The molecular weight excluding hydrogens is 314 g/mol. The molecule has 0 aromatic heterocycles. The number of nitrogens with zero attached hydrogens (tertiary/aromatic N) is 1. The largest absolute Gasteiger partial charge is 0.289 e. The number of nitro benzene ring substituents is 1. The van der Waals surface area contributed by atoms with Crippen LogP contribution in [0.3, 0.4) is 0 Å². The quantitative estimate of drug-likeness (QED) is 0.419. The van der Waals surface area contributed by atoms with E-state index < -0.39 is 4.92 Å². The number of halogens is 1. The zero-order chi connectivity index (χ0) is 17.0. The summed E-state index contributed by atoms with van der Waals surface area (Å²) in [7, 11) is 0. The average molecular weight is 332 g/mol. The van der Waals surface area contributed by atoms with Gasteiger partial charge in [0.1, 0.15) is 0 Å². The van der Waals surface area contributed by atoms with Crippen LogP contribution in [0.4, 0.5) is 5.69 Å². The van der Waals surface area contributed by atoms with Gasteiger partial charge >= 0.3 is 0 Å². The first-order valence-corrected chi connectivity index (χ1v) is 7.90. The van der Waals surface area contributed by atoms with Gasteiger partial charge < -0.3 is 0 Å². The summed E-state index contributed by atoms with van der Waals surface area (Å²) in [5.74, 6) is -0.218. The summed E-state index contributed by atoms with van der Waals surface area (Å²) in [6.07, 6.45) is 3.23. The highest BCUT2D eigenvalue weighted by molar-refractivity contribution is 6.35. The zero-order valence-electron chi connectivity index (χ0n) is 13.1. The molecular formula is C18H18ClNO3. The van der Waals surface area contributed by atoms with Gasteiger partial charge in [-0.3, -0.25) is 14.9 Å². The molecule has 0 amide bonds. The van der Waals surface area contributed by atoms with E-state index in [4.69, 9.17) is 11.6 Å². The van der Waals surface area contributed by atoms with Crippen LogP contribution in [0.2, 0.25) is 5.02 Å². The number of rotatable bonds is 6. The van der Waals surface area contributed by atoms with Crippen molar-refractivity contribution < 1.29 is 9.72 Å². The Hall–Kier alpha value is -2.20. The van der Waals surface area contributed by atoms with E-state index in [9.17, 15) is 14.9 Å². The fraction of sp³-hybridized carbons (Fsp3) is 0.278. The van der Waals surface area contributed by atoms with Gasteiger partial charge in [-0.05, 0) is 37.0 Å². The molecule has 5 heteroatoms. The fourth-order valence-electron chi connectivity index (χ4n) is 2.46. The highest BCUT2D eigenvalue weighted by atomic mass is 35.5. The van der Waals surface area contributed by atoms with Crippen molar-refractivity contribution in [3.8, 4) is 0 Å². The summed E-state index contributed by atoms with van der Waals surface area (Å²) in [6.45, 7) is 4.03. The van der Waals surface area contributed by atoms with Crippen molar-refractivity contribution in [2.24, 2.45) is 0 Å². The molecule has 0 spiro atoms. The van der Waals surface area contributed by atoms with Gasteiger partial charge in [0, 0.05) is 23.3 Å². The van der Waals surface area contributed by atoms with E-state index in [1.165, 1.54) is 23.8 Å². The Morgan fingerprint density at radius 1 is 1.17 bits per heavy atom. The molecule has 0 unspecified atom stereocenters. The lowest BCUT2D eigenvalue weighted by atomic mass is 9.96. The van der Waals surface area contributed by atoms with Crippen LogP contribution in [-0.2, 0) is 6.42 Å². The number of ketones is 1. The topological polar surface area (TPSA) is 60.2 Å². The standard InChI is InChI=1S/C18H18ClNO3/c1-3-4-5-13-6-8-15(12(2)10-13)18(21)16-9-7-14(20(22)23)11-17(16)19/h6-11H,3-5H2,1-2H3. The second-order valence-electron chi connectivity index (χ2n) is 5.50. The summed E-state index contributed by atoms with van der Waals surface area (Å²) in [4.78, 5) is 22.9. The molecule has 0 saturated heterocycles. The van der Waals surface area contributed by atoms with Gasteiger partial charge in [-0.1, -0.05) is 43.1 Å². The number of non-ortho nitro benzene ring substituents is 1. The number of carbonyl (C=O) groups is 1. The van der Waals surface area contributed by atoms with Crippen LogP contribution in [0, 0.1) is 17.0 Å². The predicted molar refractivity (Wildman–Crippen MR) is 91.3 cm³/mol. The fourth-order valence-corrected chi connectivity index (χ4v) is 2.72. The second kappa shape index (κ2) is 7.38. The van der Waals surface area contributed by atoms with Gasteiger partial charge in [0.15, 0.2) is 5.78 Å². The Bertz CT molecular complexity index is 756. The molecule has 0 fully saturated rings. The molecule has 0 aliphatic carbocycles. The van der Waals surface area contributed by atoms with Crippen LogP contribution in [0.5, 0.6) is 0 Å². The number of carbonyl (C=O) groups excluding carboxylic acids is 1. The molecule has 0 N–H and O–H groups in total. The van der Waals surface area contributed by atoms with Crippen LogP contribution < -0.4 is 0 Å². The summed E-state index contributed by atoms with van der Waals surface area (Å²) in [6, 6.07) is 9.69. The van der Waals surface area contributed by atoms with Crippen molar-refractivity contribution in [1.82, 2.24) is 0 Å². The van der Waals surface area contributed by atoms with Gasteiger partial charge in [0.05, 0.1) is 9.95 Å². The van der Waals surface area contributed by atoms with E-state index in [1.807, 2.05) is 19.1 Å². The lowest BCUT2D eigenvalue weighted by molar-refractivity contribution is -0.384. The molecule has 2 rings (SSSR count). The van der Waals surface area contributed by atoms with E-state index in [0.717, 1.165) is 24.8 Å². The Morgan fingerprint density at radius 2 is 1.87 bits per heavy atom. The number of nitro groups is 1. The Morgan fingerprint density at radius 3 is 2.43 bits per heavy atom. The minimum absolute atomic E-state index is 0.0960. The summed E-state index contributed by atoms with van der Waals surface area (Å²) in [5.41, 5.74) is 2.81. The summed E-state index contributed by atoms with van der Waals surface area (Å²) in [5, 5.41) is 10.8. The minimum Gasteiger partial charge on any atom is -0.289 e. The van der Waals surface area contributed by atoms with Crippen LogP contribution in [0.25, 0.3) is 0 Å². The Balaban J connectivity index is 2.32. The van der Waals surface area contributed by atoms with Gasteiger partial charge in [-0.15, -0.1) is 0 Å². The lowest BCUT2D eigenvalue weighted by Crippen LogP contribution is -2.05. The number of hydrogen-bond acceptors (Lipinski definition) is 3. The number of aryl methyl sites for hydroxylation is 2. The normalized spacial score (nSPS) is 10.6. The maximum atomic E-state index is 12.6. The van der Waals surface area contributed by atoms with E-state index in [1.54, 1.807) is 6.07 Å². The molecule has 0 aliphatic rings. The van der Waals surface area contributed by atoms with Crippen LogP contribution in [0.15, 0.2) is 36.4 Å². The average Bonchev–Trinajstić information content (AvgIpc) is 2.52. The molecule has 4 nitrogen and oxygen atoms in total. The van der Waals surface area contributed by atoms with Crippen LogP contribution in [0.1, 0.15) is 46.8 Å². The zero-order valence-corrected chi connectivity index (χ0v) is 13.9. The molecule has 120 valence electrons. The van der Waals surface area contributed by atoms with Gasteiger partial charge in [-0.25, -0.2) is 0 Å². The Labute approximate surface area is 140 Å². The molecule has 0 atom stereocenters. The number of hydrogen-bond donors (Lipinski definition) is 0. The third-order valence-corrected chi connectivity index (χ3v) is 4.08. The van der Waals surface area contributed by atoms with Gasteiger partial charge in [0.25, 0.3) is 5.69 Å². The van der Waals surface area contributed by atoms with Gasteiger partial charge in [0.2, 0.25) is 0 Å². The maximum absolute atomic E-state index is 12.6. The van der Waals surface area contributed by atoms with E-state index in [0.29, 0.717) is 5.56 Å². The Kier molecular flexibility index (Phi) is 5.50.